The van der Waals surface area contributed by atoms with E-state index in [1.54, 1.807) is 18.5 Å². The lowest BCUT2D eigenvalue weighted by Crippen LogP contribution is -2.13. The first-order valence-corrected chi connectivity index (χ1v) is 8.67. The summed E-state index contributed by atoms with van der Waals surface area (Å²) in [6.45, 7) is 0. The summed E-state index contributed by atoms with van der Waals surface area (Å²) in [7, 11) is 0. The lowest BCUT2D eigenvalue weighted by molar-refractivity contribution is 0.150. The monoisotopic (exact) mass is 355 g/mol. The van der Waals surface area contributed by atoms with Crippen molar-refractivity contribution >= 4 is 33.9 Å². The zero-order valence-electron chi connectivity index (χ0n) is 13.5. The number of anilines is 2. The Morgan fingerprint density at radius 3 is 2.80 bits per heavy atom. The van der Waals surface area contributed by atoms with E-state index in [1.807, 2.05) is 30.3 Å². The molecule has 2 atom stereocenters. The Morgan fingerprint density at radius 1 is 1.12 bits per heavy atom. The molecular weight excluding hydrogens is 338 g/mol. The molecular formula is C19H18ClN3O2. The Kier molecular flexibility index (Phi) is 4.42. The van der Waals surface area contributed by atoms with Crippen molar-refractivity contribution < 1.29 is 9.84 Å². The molecule has 1 aliphatic rings. The topological polar surface area (TPSA) is 67.3 Å². The van der Waals surface area contributed by atoms with E-state index in [1.165, 1.54) is 0 Å². The van der Waals surface area contributed by atoms with Gasteiger partial charge in [-0.15, -0.1) is 0 Å². The number of fused-ring (bicyclic) bond motifs is 1. The third kappa shape index (κ3) is 3.67. The lowest BCUT2D eigenvalue weighted by atomic mass is 10.1. The fraction of sp³-hybridized carbons (Fsp3) is 0.263. The maximum atomic E-state index is 9.63. The molecule has 2 aromatic heterocycles. The predicted octanol–water partition coefficient (Wildman–Crippen LogP) is 4.32. The number of hydrogen-bond donors (Lipinski definition) is 2. The van der Waals surface area contributed by atoms with Crippen LogP contribution in [-0.4, -0.2) is 27.3 Å². The maximum absolute atomic E-state index is 9.63. The van der Waals surface area contributed by atoms with Crippen molar-refractivity contribution in [2.45, 2.75) is 31.5 Å². The van der Waals surface area contributed by atoms with E-state index in [-0.39, 0.29) is 12.2 Å². The third-order valence-corrected chi connectivity index (χ3v) is 4.61. The fourth-order valence-electron chi connectivity index (χ4n) is 3.13. The number of aliphatic hydroxyl groups excluding tert-OH is 1. The minimum absolute atomic E-state index is 0.0898. The first kappa shape index (κ1) is 16.1. The number of hydrogen-bond acceptors (Lipinski definition) is 5. The van der Waals surface area contributed by atoms with Crippen LogP contribution in [0, 0.1) is 0 Å². The van der Waals surface area contributed by atoms with Gasteiger partial charge in [0.05, 0.1) is 18.0 Å². The number of benzene rings is 1. The predicted molar refractivity (Wildman–Crippen MR) is 98.5 cm³/mol. The lowest BCUT2D eigenvalue weighted by Gasteiger charge is -2.14. The molecule has 0 spiro atoms. The van der Waals surface area contributed by atoms with Crippen molar-refractivity contribution in [3.63, 3.8) is 0 Å². The van der Waals surface area contributed by atoms with Gasteiger partial charge in [0, 0.05) is 18.0 Å². The summed E-state index contributed by atoms with van der Waals surface area (Å²) in [6.07, 6.45) is 5.69. The Morgan fingerprint density at radius 2 is 2.04 bits per heavy atom. The van der Waals surface area contributed by atoms with Crippen LogP contribution >= 0.6 is 11.6 Å². The Balaban J connectivity index is 1.58. The van der Waals surface area contributed by atoms with Gasteiger partial charge in [-0.2, -0.15) is 0 Å². The Hall–Kier alpha value is -2.37. The highest BCUT2D eigenvalue weighted by Gasteiger charge is 2.24. The standard InChI is InChI=1S/C19H18ClN3O2/c20-18-6-1-13(11-22-18)23-19-17-5-4-15(9-12(17)7-8-21-19)25-16-3-2-14(24)10-16/h1,4-9,11,14,16,24H,2-3,10H2,(H,21,23). The number of halogens is 1. The normalized spacial score (nSPS) is 19.9. The molecule has 1 fully saturated rings. The molecule has 5 nitrogen and oxygen atoms in total. The fourth-order valence-corrected chi connectivity index (χ4v) is 3.24. The Bertz CT molecular complexity index is 885. The van der Waals surface area contributed by atoms with Crippen molar-refractivity contribution in [1.82, 2.24) is 9.97 Å². The molecule has 0 saturated heterocycles. The first-order valence-electron chi connectivity index (χ1n) is 8.29. The summed E-state index contributed by atoms with van der Waals surface area (Å²) < 4.78 is 6.00. The smallest absolute Gasteiger partial charge is 0.138 e. The second kappa shape index (κ2) is 6.86. The van der Waals surface area contributed by atoms with E-state index in [9.17, 15) is 5.11 Å². The summed E-state index contributed by atoms with van der Waals surface area (Å²) >= 11 is 5.82. The van der Waals surface area contributed by atoms with E-state index in [2.05, 4.69) is 15.3 Å². The number of ether oxygens (including phenoxy) is 1. The molecule has 0 aliphatic heterocycles. The molecule has 25 heavy (non-hydrogen) atoms. The van der Waals surface area contributed by atoms with Gasteiger partial charge < -0.3 is 15.2 Å². The van der Waals surface area contributed by atoms with Crippen LogP contribution in [0.3, 0.4) is 0 Å². The van der Waals surface area contributed by atoms with Gasteiger partial charge in [0.1, 0.15) is 22.8 Å². The number of aromatic nitrogens is 2. The highest BCUT2D eigenvalue weighted by Crippen LogP contribution is 2.30. The summed E-state index contributed by atoms with van der Waals surface area (Å²) in [5.41, 5.74) is 0.824. The van der Waals surface area contributed by atoms with Gasteiger partial charge in [0.15, 0.2) is 0 Å². The van der Waals surface area contributed by atoms with Gasteiger partial charge in [0.2, 0.25) is 0 Å². The minimum atomic E-state index is -0.238. The maximum Gasteiger partial charge on any atom is 0.138 e. The van der Waals surface area contributed by atoms with E-state index < -0.39 is 0 Å². The Labute approximate surface area is 150 Å². The largest absolute Gasteiger partial charge is 0.490 e. The summed E-state index contributed by atoms with van der Waals surface area (Å²) in [5, 5.41) is 15.4. The number of nitrogens with one attached hydrogen (secondary N) is 1. The van der Waals surface area contributed by atoms with Crippen molar-refractivity contribution in [3.05, 3.63) is 53.9 Å². The molecule has 0 bridgehead atoms. The second-order valence-electron chi connectivity index (χ2n) is 6.24. The van der Waals surface area contributed by atoms with Crippen LogP contribution in [0.1, 0.15) is 19.3 Å². The van der Waals surface area contributed by atoms with Crippen molar-refractivity contribution in [2.75, 3.05) is 5.32 Å². The zero-order chi connectivity index (χ0) is 17.2. The van der Waals surface area contributed by atoms with Crippen molar-refractivity contribution in [1.29, 1.82) is 0 Å². The zero-order valence-corrected chi connectivity index (χ0v) is 14.3. The molecule has 1 aromatic carbocycles. The van der Waals surface area contributed by atoms with Crippen LogP contribution in [0.5, 0.6) is 5.75 Å². The average Bonchev–Trinajstić information content (AvgIpc) is 3.02. The third-order valence-electron chi connectivity index (χ3n) is 4.39. The van der Waals surface area contributed by atoms with E-state index in [0.717, 1.165) is 40.9 Å². The summed E-state index contributed by atoms with van der Waals surface area (Å²) in [5.74, 6) is 1.57. The van der Waals surface area contributed by atoms with Gasteiger partial charge in [-0.3, -0.25) is 0 Å². The van der Waals surface area contributed by atoms with Crippen LogP contribution in [0.25, 0.3) is 10.8 Å². The molecule has 4 rings (SSSR count). The molecule has 2 N–H and O–H groups in total. The van der Waals surface area contributed by atoms with Gasteiger partial charge in [0.25, 0.3) is 0 Å². The number of nitrogens with zero attached hydrogens (tertiary/aromatic N) is 2. The molecule has 6 heteroatoms. The van der Waals surface area contributed by atoms with Gasteiger partial charge in [-0.1, -0.05) is 11.6 Å². The highest BCUT2D eigenvalue weighted by molar-refractivity contribution is 6.29. The van der Waals surface area contributed by atoms with Gasteiger partial charge in [-0.25, -0.2) is 9.97 Å². The number of rotatable bonds is 4. The van der Waals surface area contributed by atoms with Crippen LogP contribution in [0.15, 0.2) is 48.8 Å². The van der Waals surface area contributed by atoms with E-state index >= 15 is 0 Å². The quantitative estimate of drug-likeness (QED) is 0.682. The summed E-state index contributed by atoms with van der Waals surface area (Å²) in [6, 6.07) is 11.5. The molecule has 0 amide bonds. The van der Waals surface area contributed by atoms with Crippen LogP contribution < -0.4 is 10.1 Å². The SMILES string of the molecule is OC1CCC(Oc2ccc3c(Nc4ccc(Cl)nc4)nccc3c2)C1. The summed E-state index contributed by atoms with van der Waals surface area (Å²) in [4.78, 5) is 8.49. The number of aliphatic hydroxyl groups is 1. The van der Waals surface area contributed by atoms with Crippen molar-refractivity contribution in [2.24, 2.45) is 0 Å². The van der Waals surface area contributed by atoms with E-state index in [4.69, 9.17) is 16.3 Å². The van der Waals surface area contributed by atoms with Gasteiger partial charge in [-0.05, 0) is 54.6 Å². The highest BCUT2D eigenvalue weighted by atomic mass is 35.5. The molecule has 128 valence electrons. The molecule has 1 saturated carbocycles. The minimum Gasteiger partial charge on any atom is -0.490 e. The van der Waals surface area contributed by atoms with Crippen LogP contribution in [-0.2, 0) is 0 Å². The number of pyridine rings is 2. The first-order chi connectivity index (χ1) is 12.2. The molecule has 1 aliphatic carbocycles. The van der Waals surface area contributed by atoms with Gasteiger partial charge >= 0.3 is 0 Å². The van der Waals surface area contributed by atoms with Crippen LogP contribution in [0.2, 0.25) is 5.15 Å². The molecule has 2 unspecified atom stereocenters. The van der Waals surface area contributed by atoms with E-state index in [0.29, 0.717) is 11.6 Å². The molecule has 0 radical (unpaired) electrons. The van der Waals surface area contributed by atoms with Crippen molar-refractivity contribution in [3.8, 4) is 5.75 Å². The average molecular weight is 356 g/mol. The molecule has 3 aromatic rings. The van der Waals surface area contributed by atoms with Crippen LogP contribution in [0.4, 0.5) is 11.5 Å². The second-order valence-corrected chi connectivity index (χ2v) is 6.63. The molecule has 2 heterocycles.